The predicted octanol–water partition coefficient (Wildman–Crippen LogP) is 6.01. The number of carbonyl (C=O) groups excluding carboxylic acids is 12. The Labute approximate surface area is 594 Å². The first-order chi connectivity index (χ1) is 47.3. The Bertz CT molecular complexity index is 2920. The number of rotatable bonds is 11. The maximum Gasteiger partial charge on any atom is 0.393 e. The molecular formula is C72H114ClF3N12O12. The highest BCUT2D eigenvalue weighted by molar-refractivity contribution is 6.21. The zero-order valence-electron chi connectivity index (χ0n) is 60.8. The van der Waals surface area contributed by atoms with Crippen molar-refractivity contribution in [3.05, 3.63) is 12.7 Å². The van der Waals surface area contributed by atoms with Crippen LogP contribution in [0, 0.1) is 29.6 Å². The van der Waals surface area contributed by atoms with E-state index in [0.29, 0.717) is 58.0 Å². The number of hydrogen-bond donors (Lipinski definition) is 3. The first-order valence-electron chi connectivity index (χ1n) is 36.9. The van der Waals surface area contributed by atoms with Gasteiger partial charge < -0.3 is 60.0 Å². The second-order valence-electron chi connectivity index (χ2n) is 30.5. The summed E-state index contributed by atoms with van der Waals surface area (Å²) in [4.78, 5) is 190. The highest BCUT2D eigenvalue weighted by Gasteiger charge is 2.52. The van der Waals surface area contributed by atoms with E-state index in [9.17, 15) is 41.9 Å². The quantitative estimate of drug-likeness (QED) is 0.159. The molecule has 3 heterocycles. The molecule has 3 aliphatic heterocycles. The lowest BCUT2D eigenvalue weighted by Crippen LogP contribution is -2.65. The SMILES string of the molecule is C=CC[C@@H]1NC(=O)[C@H](CC(C)C)N(C)C(=O)C[C@@H](C(=O)N2CCCCC2)N(C)C(=O)[C@H](C2CCCCC2)N(C)C(=O)C2(CCCC2)NC(=O)[C@@H]2CCCN2C(=O)[C@H](CCC2CCC(C(F)(F)F)C(Cl)C2)NC(=O)CN(C)C(=O)[C@H](CC2CCCCC2)N(C)C(=O)CN(C)C(=O)CN(C)C1=O. The summed E-state index contributed by atoms with van der Waals surface area (Å²) in [6.45, 7) is 6.69. The molecule has 3 unspecified atom stereocenters. The van der Waals surface area contributed by atoms with Crippen molar-refractivity contribution < 1.29 is 70.7 Å². The lowest BCUT2D eigenvalue weighted by atomic mass is 9.78. The number of carbonyl (C=O) groups is 12. The number of fused-ring (bicyclic) bond motifs is 1. The van der Waals surface area contributed by atoms with Crippen molar-refractivity contribution in [1.82, 2.24) is 60.0 Å². The maximum absolute atomic E-state index is 15.8. The molecule has 0 bridgehead atoms. The van der Waals surface area contributed by atoms with Crippen LogP contribution in [0.5, 0.6) is 0 Å². The summed E-state index contributed by atoms with van der Waals surface area (Å²) >= 11 is 6.41. The number of halogens is 4. The van der Waals surface area contributed by atoms with Crippen molar-refractivity contribution >= 4 is 82.5 Å². The number of likely N-dealkylation sites (N-methyl/N-ethyl adjacent to an activating group) is 7. The minimum absolute atomic E-state index is 0.000845. The summed E-state index contributed by atoms with van der Waals surface area (Å²) in [5, 5.41) is 7.51. The molecule has 10 atom stereocenters. The van der Waals surface area contributed by atoms with Gasteiger partial charge in [-0.3, -0.25) is 57.5 Å². The van der Waals surface area contributed by atoms with Crippen LogP contribution in [0.2, 0.25) is 0 Å². The second kappa shape index (κ2) is 36.6. The van der Waals surface area contributed by atoms with Crippen molar-refractivity contribution in [1.29, 1.82) is 0 Å². The normalized spacial score (nSPS) is 29.7. The van der Waals surface area contributed by atoms with Gasteiger partial charge in [-0.05, 0) is 133 Å². The molecule has 0 aromatic carbocycles. The number of hydrogen-bond acceptors (Lipinski definition) is 12. The number of alkyl halides is 4. The molecule has 7 aliphatic rings. The standard InChI is InChI=1S/C72H114ClF3N12O12/c1-11-24-52-65(95)82(6)44-60(91)80(4)45-61(92)84(8)56(41-47-25-15-12-16-26-47)67(97)81(5)43-58(89)77-53(33-31-48-30-32-50(51(73)40-48)72(74,75)76)66(96)88-38-23-29-54(88)64(94)79-71(34-19-20-35-71)70(100)86(10)62(49-27-17-13-18-28-49)69(99)85(9)57(68(98)87-36-21-14-22-37-87)42-59(90)83(7)55(39-46(2)3)63(93)78-52/h11,46-57,62H,1,12-45H2,2-10H3,(H,77,89)(H,78,93)(H,79,94)/t48?,50?,51?,52-,53-,54-,55-,56-,57-,62-/m0/s1. The Balaban J connectivity index is 1.27. The molecule has 24 nitrogen and oxygen atoms in total. The molecule has 0 aromatic heterocycles. The van der Waals surface area contributed by atoms with E-state index >= 15 is 28.8 Å². The summed E-state index contributed by atoms with van der Waals surface area (Å²) in [7, 11) is 9.99. The Kier molecular flexibility index (Phi) is 29.5. The first kappa shape index (κ1) is 80.8. The van der Waals surface area contributed by atoms with Crippen LogP contribution in [0.25, 0.3) is 0 Å². The summed E-state index contributed by atoms with van der Waals surface area (Å²) < 4.78 is 42.0. The molecule has 0 aromatic rings. The van der Waals surface area contributed by atoms with Gasteiger partial charge in [-0.2, -0.15) is 13.2 Å². The monoisotopic (exact) mass is 1430 g/mol. The van der Waals surface area contributed by atoms with Crippen LogP contribution in [0.1, 0.15) is 194 Å². The highest BCUT2D eigenvalue weighted by Crippen LogP contribution is 2.44. The predicted molar refractivity (Wildman–Crippen MR) is 370 cm³/mol. The van der Waals surface area contributed by atoms with Gasteiger partial charge in [-0.1, -0.05) is 84.1 Å². The van der Waals surface area contributed by atoms with Crippen molar-refractivity contribution in [2.24, 2.45) is 29.6 Å². The molecule has 4 aliphatic carbocycles. The van der Waals surface area contributed by atoms with E-state index in [2.05, 4.69) is 22.5 Å². The van der Waals surface area contributed by atoms with Gasteiger partial charge in [-0.15, -0.1) is 18.2 Å². The van der Waals surface area contributed by atoms with Crippen molar-refractivity contribution in [2.75, 3.05) is 88.6 Å². The molecule has 100 heavy (non-hydrogen) atoms. The molecule has 7 fully saturated rings. The van der Waals surface area contributed by atoms with Gasteiger partial charge in [0.25, 0.3) is 0 Å². The van der Waals surface area contributed by atoms with Gasteiger partial charge in [0.2, 0.25) is 70.9 Å². The maximum atomic E-state index is 15.8. The third-order valence-corrected chi connectivity index (χ3v) is 23.2. The number of likely N-dealkylation sites (tertiary alicyclic amines) is 1. The molecule has 0 radical (unpaired) electrons. The number of piperidine rings is 1. The Hall–Kier alpha value is -6.54. The van der Waals surface area contributed by atoms with E-state index in [1.54, 1.807) is 4.90 Å². The van der Waals surface area contributed by atoms with Gasteiger partial charge >= 0.3 is 6.18 Å². The second-order valence-corrected chi connectivity index (χ2v) is 31.0. The van der Waals surface area contributed by atoms with Gasteiger partial charge in [0.15, 0.2) is 0 Å². The minimum Gasteiger partial charge on any atom is -0.343 e. The minimum atomic E-state index is -4.51. The largest absolute Gasteiger partial charge is 0.393 e. The van der Waals surface area contributed by atoms with Crippen molar-refractivity contribution in [2.45, 2.75) is 253 Å². The van der Waals surface area contributed by atoms with Gasteiger partial charge in [0.1, 0.15) is 47.8 Å². The molecule has 3 N–H and O–H groups in total. The summed E-state index contributed by atoms with van der Waals surface area (Å²) in [5.41, 5.74) is -1.55. The van der Waals surface area contributed by atoms with Crippen molar-refractivity contribution in [3.8, 4) is 0 Å². The van der Waals surface area contributed by atoms with E-state index in [1.807, 2.05) is 13.8 Å². The lowest BCUT2D eigenvalue weighted by Gasteiger charge is -2.43. The topological polar surface area (TPSA) is 270 Å². The molecule has 1 spiro atoms. The average Bonchev–Trinajstić information content (AvgIpc) is 1.45. The lowest BCUT2D eigenvalue weighted by molar-refractivity contribution is -0.182. The molecule has 562 valence electrons. The fraction of sp³-hybridized carbons (Fsp3) is 0.806. The smallest absolute Gasteiger partial charge is 0.343 e. The summed E-state index contributed by atoms with van der Waals surface area (Å²) in [6, 6.07) is -8.64. The van der Waals surface area contributed by atoms with Crippen LogP contribution in [-0.2, 0) is 57.5 Å². The Morgan fingerprint density at radius 2 is 1.19 bits per heavy atom. The van der Waals surface area contributed by atoms with Gasteiger partial charge in [0, 0.05) is 74.3 Å². The van der Waals surface area contributed by atoms with Gasteiger partial charge in [0.05, 0.1) is 32.0 Å². The zero-order valence-corrected chi connectivity index (χ0v) is 61.5. The zero-order chi connectivity index (χ0) is 73.5. The van der Waals surface area contributed by atoms with E-state index in [0.717, 1.165) is 72.5 Å². The fourth-order valence-corrected chi connectivity index (χ4v) is 17.1. The molecule has 12 amide bonds. The van der Waals surface area contributed by atoms with Crippen LogP contribution in [0.3, 0.4) is 0 Å². The summed E-state index contributed by atoms with van der Waals surface area (Å²) in [5.74, 6) is -10.2. The van der Waals surface area contributed by atoms with Crippen LogP contribution >= 0.6 is 11.6 Å². The van der Waals surface area contributed by atoms with Crippen LogP contribution < -0.4 is 16.0 Å². The van der Waals surface area contributed by atoms with Crippen LogP contribution in [0.4, 0.5) is 13.2 Å². The third kappa shape index (κ3) is 20.6. The number of nitrogens with zero attached hydrogens (tertiary/aromatic N) is 9. The number of amides is 12. The summed E-state index contributed by atoms with van der Waals surface area (Å²) in [6.07, 6.45) is 8.78. The third-order valence-electron chi connectivity index (χ3n) is 22.7. The van der Waals surface area contributed by atoms with E-state index in [1.165, 1.54) is 79.9 Å². The Morgan fingerprint density at radius 1 is 0.590 bits per heavy atom. The highest BCUT2D eigenvalue weighted by atomic mass is 35.5. The molecular weight excluding hydrogens is 1320 g/mol. The average molecular weight is 1430 g/mol. The van der Waals surface area contributed by atoms with E-state index in [-0.39, 0.29) is 94.9 Å². The van der Waals surface area contributed by atoms with Gasteiger partial charge in [-0.25, -0.2) is 0 Å². The van der Waals surface area contributed by atoms with Crippen LogP contribution in [-0.4, -0.2) is 263 Å². The number of nitrogens with one attached hydrogen (secondary N) is 3. The van der Waals surface area contributed by atoms with Crippen molar-refractivity contribution in [3.63, 3.8) is 0 Å². The molecule has 7 rings (SSSR count). The molecule has 4 saturated carbocycles. The fourth-order valence-electron chi connectivity index (χ4n) is 16.6. The van der Waals surface area contributed by atoms with E-state index < -0.39 is 168 Å². The van der Waals surface area contributed by atoms with Crippen LogP contribution in [0.15, 0.2) is 12.7 Å². The molecule has 28 heteroatoms. The molecule has 3 saturated heterocycles. The first-order valence-corrected chi connectivity index (χ1v) is 37.3. The van der Waals surface area contributed by atoms with E-state index in [4.69, 9.17) is 11.6 Å². The Morgan fingerprint density at radius 3 is 1.80 bits per heavy atom.